The Bertz CT molecular complexity index is 833. The van der Waals surface area contributed by atoms with Crippen LogP contribution in [0, 0.1) is 0 Å². The van der Waals surface area contributed by atoms with Gasteiger partial charge in [0.25, 0.3) is 0 Å². The summed E-state index contributed by atoms with van der Waals surface area (Å²) in [5.74, 6) is -0.703. The van der Waals surface area contributed by atoms with Crippen molar-refractivity contribution in [3.05, 3.63) is 65.7 Å². The van der Waals surface area contributed by atoms with Crippen molar-refractivity contribution in [1.82, 2.24) is 4.90 Å². The molecule has 0 heterocycles. The van der Waals surface area contributed by atoms with E-state index in [0.717, 1.165) is 11.1 Å². The van der Waals surface area contributed by atoms with Gasteiger partial charge in [-0.25, -0.2) is 0 Å². The Labute approximate surface area is 170 Å². The Morgan fingerprint density at radius 1 is 0.966 bits per heavy atom. The number of nitrogens with two attached hydrogens (primary N) is 3. The van der Waals surface area contributed by atoms with E-state index in [9.17, 15) is 14.7 Å². The number of phenolic OH excluding ortho intramolecular Hbond substituents is 1. The number of guanidine groups is 1. The summed E-state index contributed by atoms with van der Waals surface area (Å²) in [7, 11) is 0. The van der Waals surface area contributed by atoms with Gasteiger partial charge in [0.15, 0.2) is 5.96 Å². The molecule has 0 radical (unpaired) electrons. The minimum atomic E-state index is -0.797. The van der Waals surface area contributed by atoms with Crippen LogP contribution in [0.25, 0.3) is 0 Å². The predicted octanol–water partition coefficient (Wildman–Crippen LogP) is 0.871. The number of benzene rings is 2. The number of aromatic hydroxyl groups is 1. The SMILES string of the molecule is NC(=O)[C@@H](CCCN=C(N)N)N(Cc1ccc(O)cc1)C(=O)Cc1ccccc1. The smallest absolute Gasteiger partial charge is 0.240 e. The van der Waals surface area contributed by atoms with Crippen LogP contribution in [-0.4, -0.2) is 40.4 Å². The summed E-state index contributed by atoms with van der Waals surface area (Å²) in [5.41, 5.74) is 17.9. The van der Waals surface area contributed by atoms with Gasteiger partial charge < -0.3 is 27.2 Å². The lowest BCUT2D eigenvalue weighted by molar-refractivity contribution is -0.139. The zero-order valence-electron chi connectivity index (χ0n) is 16.2. The largest absolute Gasteiger partial charge is 0.508 e. The summed E-state index contributed by atoms with van der Waals surface area (Å²) in [6.07, 6.45) is 0.984. The van der Waals surface area contributed by atoms with Crippen LogP contribution in [0.4, 0.5) is 0 Å². The molecule has 2 rings (SSSR count). The van der Waals surface area contributed by atoms with Gasteiger partial charge in [0.1, 0.15) is 11.8 Å². The van der Waals surface area contributed by atoms with Crippen LogP contribution >= 0.6 is 0 Å². The predicted molar refractivity (Wildman–Crippen MR) is 112 cm³/mol. The molecule has 29 heavy (non-hydrogen) atoms. The van der Waals surface area contributed by atoms with Gasteiger partial charge in [0, 0.05) is 13.1 Å². The number of carbonyl (C=O) groups is 2. The summed E-state index contributed by atoms with van der Waals surface area (Å²) < 4.78 is 0. The van der Waals surface area contributed by atoms with Crippen molar-refractivity contribution in [1.29, 1.82) is 0 Å². The third kappa shape index (κ3) is 7.17. The highest BCUT2D eigenvalue weighted by atomic mass is 16.3. The van der Waals surface area contributed by atoms with Gasteiger partial charge in [-0.15, -0.1) is 0 Å². The maximum atomic E-state index is 13.1. The van der Waals surface area contributed by atoms with Crippen LogP contribution in [0.1, 0.15) is 24.0 Å². The lowest BCUT2D eigenvalue weighted by Crippen LogP contribution is -2.48. The van der Waals surface area contributed by atoms with E-state index in [1.54, 1.807) is 12.1 Å². The molecule has 0 aliphatic rings. The van der Waals surface area contributed by atoms with E-state index in [4.69, 9.17) is 17.2 Å². The molecule has 2 aromatic carbocycles. The third-order valence-corrected chi connectivity index (χ3v) is 4.44. The van der Waals surface area contributed by atoms with E-state index in [1.807, 2.05) is 30.3 Å². The van der Waals surface area contributed by atoms with Crippen molar-refractivity contribution in [3.8, 4) is 5.75 Å². The molecular weight excluding hydrogens is 370 g/mol. The number of aliphatic imine (C=N–C) groups is 1. The number of nitrogens with zero attached hydrogens (tertiary/aromatic N) is 2. The molecule has 7 N–H and O–H groups in total. The molecule has 0 bridgehead atoms. The fourth-order valence-corrected chi connectivity index (χ4v) is 2.99. The first-order valence-electron chi connectivity index (χ1n) is 9.33. The summed E-state index contributed by atoms with van der Waals surface area (Å²) in [4.78, 5) is 30.6. The quantitative estimate of drug-likeness (QED) is 0.267. The van der Waals surface area contributed by atoms with Crippen molar-refractivity contribution in [2.75, 3.05) is 6.54 Å². The molecule has 0 fully saturated rings. The van der Waals surface area contributed by atoms with E-state index in [2.05, 4.69) is 4.99 Å². The van der Waals surface area contributed by atoms with E-state index in [1.165, 1.54) is 17.0 Å². The molecule has 2 aromatic rings. The summed E-state index contributed by atoms with van der Waals surface area (Å²) in [6.45, 7) is 0.536. The summed E-state index contributed by atoms with van der Waals surface area (Å²) in [6, 6.07) is 15.0. The lowest BCUT2D eigenvalue weighted by Gasteiger charge is -2.30. The van der Waals surface area contributed by atoms with Gasteiger partial charge in [-0.2, -0.15) is 0 Å². The molecule has 0 aliphatic heterocycles. The fraction of sp³-hybridized carbons (Fsp3) is 0.286. The first-order chi connectivity index (χ1) is 13.9. The van der Waals surface area contributed by atoms with Crippen molar-refractivity contribution in [2.45, 2.75) is 31.8 Å². The molecule has 8 heteroatoms. The van der Waals surface area contributed by atoms with Gasteiger partial charge in [-0.05, 0) is 36.1 Å². The monoisotopic (exact) mass is 397 g/mol. The molecule has 0 saturated carbocycles. The molecular formula is C21H27N5O3. The molecule has 2 amide bonds. The third-order valence-electron chi connectivity index (χ3n) is 4.44. The average molecular weight is 397 g/mol. The average Bonchev–Trinajstić information content (AvgIpc) is 2.68. The Balaban J connectivity index is 2.21. The van der Waals surface area contributed by atoms with Crippen LogP contribution in [0.5, 0.6) is 5.75 Å². The van der Waals surface area contributed by atoms with Crippen molar-refractivity contribution < 1.29 is 14.7 Å². The molecule has 1 atom stereocenters. The van der Waals surface area contributed by atoms with Gasteiger partial charge in [0.05, 0.1) is 6.42 Å². The fourth-order valence-electron chi connectivity index (χ4n) is 2.99. The van der Waals surface area contributed by atoms with Crippen LogP contribution in [-0.2, 0) is 22.6 Å². The van der Waals surface area contributed by atoms with Gasteiger partial charge >= 0.3 is 0 Å². The first kappa shape index (κ1) is 21.7. The summed E-state index contributed by atoms with van der Waals surface area (Å²) >= 11 is 0. The van der Waals surface area contributed by atoms with Crippen LogP contribution in [0.3, 0.4) is 0 Å². The van der Waals surface area contributed by atoms with Gasteiger partial charge in [0.2, 0.25) is 11.8 Å². The van der Waals surface area contributed by atoms with Crippen LogP contribution in [0.2, 0.25) is 0 Å². The number of primary amides is 1. The molecule has 0 spiro atoms. The second-order valence-corrected chi connectivity index (χ2v) is 6.72. The highest BCUT2D eigenvalue weighted by molar-refractivity contribution is 5.87. The lowest BCUT2D eigenvalue weighted by atomic mass is 10.0. The highest BCUT2D eigenvalue weighted by Gasteiger charge is 2.28. The minimum Gasteiger partial charge on any atom is -0.508 e. The maximum Gasteiger partial charge on any atom is 0.240 e. The molecule has 0 unspecified atom stereocenters. The Morgan fingerprint density at radius 3 is 2.21 bits per heavy atom. The van der Waals surface area contributed by atoms with Crippen molar-refractivity contribution >= 4 is 17.8 Å². The number of rotatable bonds is 10. The van der Waals surface area contributed by atoms with Crippen LogP contribution in [0.15, 0.2) is 59.6 Å². The Kier molecular flexibility index (Phi) is 8.02. The zero-order chi connectivity index (χ0) is 21.2. The molecule has 8 nitrogen and oxygen atoms in total. The second kappa shape index (κ2) is 10.7. The Morgan fingerprint density at radius 2 is 1.62 bits per heavy atom. The second-order valence-electron chi connectivity index (χ2n) is 6.72. The van der Waals surface area contributed by atoms with Crippen molar-refractivity contribution in [3.63, 3.8) is 0 Å². The van der Waals surface area contributed by atoms with Crippen molar-refractivity contribution in [2.24, 2.45) is 22.2 Å². The van der Waals surface area contributed by atoms with Gasteiger partial charge in [-0.3, -0.25) is 14.6 Å². The maximum absolute atomic E-state index is 13.1. The number of phenols is 1. The number of amides is 2. The van der Waals surface area contributed by atoms with Crippen LogP contribution < -0.4 is 17.2 Å². The number of carbonyl (C=O) groups excluding carboxylic acids is 2. The van der Waals surface area contributed by atoms with E-state index >= 15 is 0 Å². The highest BCUT2D eigenvalue weighted by Crippen LogP contribution is 2.17. The Hall–Kier alpha value is -3.55. The molecule has 0 aliphatic carbocycles. The molecule has 0 saturated heterocycles. The van der Waals surface area contributed by atoms with E-state index < -0.39 is 11.9 Å². The topological polar surface area (TPSA) is 148 Å². The molecule has 0 aromatic heterocycles. The zero-order valence-corrected chi connectivity index (χ0v) is 16.2. The normalized spacial score (nSPS) is 11.4. The van der Waals surface area contributed by atoms with E-state index in [-0.39, 0.29) is 30.6 Å². The minimum absolute atomic E-state index is 0.0262. The summed E-state index contributed by atoms with van der Waals surface area (Å²) in [5, 5.41) is 9.49. The number of hydrogen-bond donors (Lipinski definition) is 4. The number of hydrogen-bond acceptors (Lipinski definition) is 4. The van der Waals surface area contributed by atoms with E-state index in [0.29, 0.717) is 19.4 Å². The standard InChI is InChI=1S/C21H27N5O3/c22-20(29)18(7-4-12-25-21(23)24)26(14-16-8-10-17(27)11-9-16)19(28)13-15-5-2-1-3-6-15/h1-3,5-6,8-11,18,27H,4,7,12-14H2,(H2,22,29)(H4,23,24,25)/t18-/m1/s1. The molecule has 154 valence electrons. The first-order valence-corrected chi connectivity index (χ1v) is 9.33. The van der Waals surface area contributed by atoms with Gasteiger partial charge in [-0.1, -0.05) is 42.5 Å².